The van der Waals surface area contributed by atoms with E-state index in [1.165, 1.54) is 25.7 Å². The van der Waals surface area contributed by atoms with E-state index in [4.69, 9.17) is 4.42 Å². The summed E-state index contributed by atoms with van der Waals surface area (Å²) in [4.78, 5) is 8.81. The summed E-state index contributed by atoms with van der Waals surface area (Å²) in [6, 6.07) is 8.49. The second-order valence-corrected chi connectivity index (χ2v) is 6.01. The standard InChI is InChI=1S/C17H19N3O/c1-11-6-2-4-8-13(11)20-17-16-15(18-10-19-17)12-7-3-5-9-14(12)21-16/h3,5,7,9-11,13H,2,4,6,8H2,1H3,(H,18,19,20)/t11-,13+/m1/s1. The zero-order valence-corrected chi connectivity index (χ0v) is 12.2. The van der Waals surface area contributed by atoms with Crippen molar-refractivity contribution in [2.24, 2.45) is 5.92 Å². The minimum Gasteiger partial charge on any atom is -0.450 e. The summed E-state index contributed by atoms with van der Waals surface area (Å²) in [5.41, 5.74) is 2.54. The van der Waals surface area contributed by atoms with E-state index in [1.807, 2.05) is 24.3 Å². The van der Waals surface area contributed by atoms with Gasteiger partial charge in [-0.2, -0.15) is 0 Å². The van der Waals surface area contributed by atoms with Gasteiger partial charge < -0.3 is 9.73 Å². The summed E-state index contributed by atoms with van der Waals surface area (Å²) < 4.78 is 5.97. The van der Waals surface area contributed by atoms with Crippen LogP contribution >= 0.6 is 0 Å². The van der Waals surface area contributed by atoms with Gasteiger partial charge in [0.1, 0.15) is 17.4 Å². The van der Waals surface area contributed by atoms with E-state index in [9.17, 15) is 0 Å². The summed E-state index contributed by atoms with van der Waals surface area (Å²) in [5.74, 6) is 1.50. The Kier molecular flexibility index (Phi) is 3.02. The molecule has 1 fully saturated rings. The molecule has 0 aliphatic heterocycles. The largest absolute Gasteiger partial charge is 0.450 e. The van der Waals surface area contributed by atoms with Gasteiger partial charge in [-0.15, -0.1) is 0 Å². The van der Waals surface area contributed by atoms with Gasteiger partial charge in [0.2, 0.25) is 0 Å². The summed E-state index contributed by atoms with van der Waals surface area (Å²) in [6.45, 7) is 2.31. The molecule has 1 N–H and O–H groups in total. The van der Waals surface area contributed by atoms with Crippen molar-refractivity contribution in [1.29, 1.82) is 0 Å². The number of para-hydroxylation sites is 1. The molecule has 0 radical (unpaired) electrons. The molecule has 4 rings (SSSR count). The van der Waals surface area contributed by atoms with Crippen LogP contribution in [-0.4, -0.2) is 16.0 Å². The minimum atomic E-state index is 0.477. The van der Waals surface area contributed by atoms with Crippen LogP contribution in [0.15, 0.2) is 35.0 Å². The van der Waals surface area contributed by atoms with Crippen molar-refractivity contribution < 1.29 is 4.42 Å². The number of nitrogens with one attached hydrogen (secondary N) is 1. The molecule has 1 aromatic carbocycles. The molecule has 2 heterocycles. The number of benzene rings is 1. The summed E-state index contributed by atoms with van der Waals surface area (Å²) >= 11 is 0. The summed E-state index contributed by atoms with van der Waals surface area (Å²) in [6.07, 6.45) is 6.73. The van der Waals surface area contributed by atoms with Crippen LogP contribution in [0.25, 0.3) is 22.1 Å². The Hall–Kier alpha value is -2.10. The molecule has 0 bridgehead atoms. The Labute approximate surface area is 123 Å². The minimum absolute atomic E-state index is 0.477. The smallest absolute Gasteiger partial charge is 0.196 e. The maximum absolute atomic E-state index is 5.97. The molecular weight excluding hydrogens is 262 g/mol. The van der Waals surface area contributed by atoms with E-state index in [2.05, 4.69) is 22.2 Å². The van der Waals surface area contributed by atoms with Crippen LogP contribution in [0, 0.1) is 5.92 Å². The van der Waals surface area contributed by atoms with Crippen LogP contribution in [0.2, 0.25) is 0 Å². The van der Waals surface area contributed by atoms with Crippen molar-refractivity contribution >= 4 is 27.9 Å². The van der Waals surface area contributed by atoms with Crippen molar-refractivity contribution in [3.05, 3.63) is 30.6 Å². The molecule has 0 unspecified atom stereocenters. The fraction of sp³-hybridized carbons (Fsp3) is 0.412. The van der Waals surface area contributed by atoms with Crippen LogP contribution in [0.1, 0.15) is 32.6 Å². The lowest BCUT2D eigenvalue weighted by molar-refractivity contribution is 0.349. The quantitative estimate of drug-likeness (QED) is 0.758. The maximum atomic E-state index is 5.97. The van der Waals surface area contributed by atoms with Crippen LogP contribution in [0.4, 0.5) is 5.82 Å². The average Bonchev–Trinajstić information content (AvgIpc) is 2.89. The molecule has 4 heteroatoms. The van der Waals surface area contributed by atoms with Crippen LogP contribution < -0.4 is 5.32 Å². The monoisotopic (exact) mass is 281 g/mol. The third-order valence-corrected chi connectivity index (χ3v) is 4.59. The SMILES string of the molecule is C[C@@H]1CCCC[C@@H]1Nc1ncnc2c1oc1ccccc12. The zero-order chi connectivity index (χ0) is 14.2. The highest BCUT2D eigenvalue weighted by atomic mass is 16.3. The van der Waals surface area contributed by atoms with Gasteiger partial charge in [-0.1, -0.05) is 31.9 Å². The predicted molar refractivity (Wildman–Crippen MR) is 84.4 cm³/mol. The molecule has 0 saturated heterocycles. The molecule has 2 atom stereocenters. The van der Waals surface area contributed by atoms with Crippen molar-refractivity contribution in [3.8, 4) is 0 Å². The van der Waals surface area contributed by atoms with E-state index in [0.29, 0.717) is 12.0 Å². The topological polar surface area (TPSA) is 51.0 Å². The molecule has 1 aliphatic rings. The van der Waals surface area contributed by atoms with Crippen LogP contribution in [0.3, 0.4) is 0 Å². The third kappa shape index (κ3) is 2.15. The number of hydrogen-bond donors (Lipinski definition) is 1. The molecular formula is C17H19N3O. The Morgan fingerprint density at radius 1 is 1.14 bits per heavy atom. The van der Waals surface area contributed by atoms with E-state index in [0.717, 1.165) is 27.9 Å². The lowest BCUT2D eigenvalue weighted by Gasteiger charge is -2.29. The fourth-order valence-electron chi connectivity index (χ4n) is 3.33. The lowest BCUT2D eigenvalue weighted by Crippen LogP contribution is -2.30. The Morgan fingerprint density at radius 3 is 2.90 bits per heavy atom. The molecule has 108 valence electrons. The van der Waals surface area contributed by atoms with Crippen LogP contribution in [-0.2, 0) is 0 Å². The lowest BCUT2D eigenvalue weighted by atomic mass is 9.86. The van der Waals surface area contributed by atoms with Gasteiger partial charge >= 0.3 is 0 Å². The average molecular weight is 281 g/mol. The van der Waals surface area contributed by atoms with Gasteiger partial charge in [0.05, 0.1) is 0 Å². The second kappa shape index (κ2) is 5.02. The van der Waals surface area contributed by atoms with Gasteiger partial charge in [0.15, 0.2) is 11.4 Å². The second-order valence-electron chi connectivity index (χ2n) is 6.01. The normalized spacial score (nSPS) is 22.7. The number of anilines is 1. The molecule has 3 aromatic rings. The number of rotatable bonds is 2. The number of hydrogen-bond acceptors (Lipinski definition) is 4. The first-order chi connectivity index (χ1) is 10.3. The van der Waals surface area contributed by atoms with Crippen molar-refractivity contribution in [1.82, 2.24) is 9.97 Å². The third-order valence-electron chi connectivity index (χ3n) is 4.59. The van der Waals surface area contributed by atoms with Gasteiger partial charge in [-0.3, -0.25) is 0 Å². The highest BCUT2D eigenvalue weighted by Gasteiger charge is 2.23. The van der Waals surface area contributed by atoms with Crippen molar-refractivity contribution in [3.63, 3.8) is 0 Å². The van der Waals surface area contributed by atoms with Crippen LogP contribution in [0.5, 0.6) is 0 Å². The maximum Gasteiger partial charge on any atom is 0.196 e. The predicted octanol–water partition coefficient (Wildman–Crippen LogP) is 4.37. The van der Waals surface area contributed by atoms with Crippen molar-refractivity contribution in [2.45, 2.75) is 38.6 Å². The number of fused-ring (bicyclic) bond motifs is 3. The Balaban J connectivity index is 1.78. The Morgan fingerprint density at radius 2 is 2.00 bits per heavy atom. The fourth-order valence-corrected chi connectivity index (χ4v) is 3.33. The highest BCUT2D eigenvalue weighted by Crippen LogP contribution is 2.32. The summed E-state index contributed by atoms with van der Waals surface area (Å²) in [5, 5.41) is 4.64. The number of aromatic nitrogens is 2. The van der Waals surface area contributed by atoms with E-state index < -0.39 is 0 Å². The van der Waals surface area contributed by atoms with Gasteiger partial charge in [-0.05, 0) is 30.9 Å². The van der Waals surface area contributed by atoms with Gasteiger partial charge in [-0.25, -0.2) is 9.97 Å². The molecule has 1 saturated carbocycles. The molecule has 1 aliphatic carbocycles. The first kappa shape index (κ1) is 12.6. The Bertz CT molecular complexity index is 780. The molecule has 21 heavy (non-hydrogen) atoms. The highest BCUT2D eigenvalue weighted by molar-refractivity contribution is 6.05. The number of nitrogens with zero attached hydrogens (tertiary/aromatic N) is 2. The molecule has 4 nitrogen and oxygen atoms in total. The molecule has 0 spiro atoms. The number of furan rings is 1. The summed E-state index contributed by atoms with van der Waals surface area (Å²) in [7, 11) is 0. The first-order valence-electron chi connectivity index (χ1n) is 7.72. The van der Waals surface area contributed by atoms with E-state index in [1.54, 1.807) is 6.33 Å². The van der Waals surface area contributed by atoms with Gasteiger partial charge in [0.25, 0.3) is 0 Å². The van der Waals surface area contributed by atoms with E-state index in [-0.39, 0.29) is 0 Å². The molecule has 2 aromatic heterocycles. The van der Waals surface area contributed by atoms with E-state index >= 15 is 0 Å². The first-order valence-corrected chi connectivity index (χ1v) is 7.72. The zero-order valence-electron chi connectivity index (χ0n) is 12.2. The molecule has 0 amide bonds. The van der Waals surface area contributed by atoms with Crippen molar-refractivity contribution in [2.75, 3.05) is 5.32 Å². The van der Waals surface area contributed by atoms with Gasteiger partial charge in [0, 0.05) is 11.4 Å².